The quantitative estimate of drug-likeness (QED) is 0.799. The van der Waals surface area contributed by atoms with Gasteiger partial charge in [0.15, 0.2) is 5.69 Å². The molecule has 0 bridgehead atoms. The normalized spacial score (nSPS) is 15.3. The molecule has 2 N–H and O–H groups in total. The lowest BCUT2D eigenvalue weighted by atomic mass is 10.2. The summed E-state index contributed by atoms with van der Waals surface area (Å²) in [5.41, 5.74) is 2.93. The fourth-order valence-electron chi connectivity index (χ4n) is 1.61. The van der Waals surface area contributed by atoms with Crippen LogP contribution in [-0.4, -0.2) is 39.0 Å². The van der Waals surface area contributed by atoms with E-state index in [4.69, 9.17) is 0 Å². The molecule has 18 heavy (non-hydrogen) atoms. The van der Waals surface area contributed by atoms with Crippen molar-refractivity contribution in [3.05, 3.63) is 28.5 Å². The second-order valence-corrected chi connectivity index (χ2v) is 4.78. The predicted octanol–water partition coefficient (Wildman–Crippen LogP) is -0.191. The average molecular weight is 264 g/mol. The molecule has 7 nitrogen and oxygen atoms in total. The molecule has 8 heteroatoms. The third kappa shape index (κ3) is 2.24. The first-order chi connectivity index (χ1) is 8.83. The van der Waals surface area contributed by atoms with Crippen molar-refractivity contribution in [1.82, 2.24) is 30.6 Å². The van der Waals surface area contributed by atoms with Gasteiger partial charge in [0.25, 0.3) is 5.91 Å². The Morgan fingerprint density at radius 2 is 2.50 bits per heavy atom. The van der Waals surface area contributed by atoms with Gasteiger partial charge in [0.05, 0.1) is 30.0 Å². The smallest absolute Gasteiger partial charge is 0.273 e. The molecule has 0 aromatic carbocycles. The van der Waals surface area contributed by atoms with Gasteiger partial charge in [0, 0.05) is 18.5 Å². The van der Waals surface area contributed by atoms with E-state index in [1.54, 1.807) is 16.4 Å². The minimum Gasteiger partial charge on any atom is -0.345 e. The van der Waals surface area contributed by atoms with E-state index in [0.717, 1.165) is 18.8 Å². The van der Waals surface area contributed by atoms with Crippen molar-refractivity contribution in [2.45, 2.75) is 12.6 Å². The van der Waals surface area contributed by atoms with Crippen molar-refractivity contribution in [2.75, 3.05) is 13.1 Å². The Labute approximate surface area is 107 Å². The van der Waals surface area contributed by atoms with Crippen LogP contribution in [0.2, 0.25) is 0 Å². The van der Waals surface area contributed by atoms with Crippen molar-refractivity contribution in [1.29, 1.82) is 0 Å². The number of hydrogen-bond donors (Lipinski definition) is 2. The second-order valence-electron chi connectivity index (χ2n) is 4.06. The molecule has 2 aromatic heterocycles. The van der Waals surface area contributed by atoms with E-state index in [-0.39, 0.29) is 5.91 Å². The number of aromatic nitrogens is 4. The standard InChI is InChI=1S/C10H12N6OS/c17-10(12-1-7-5-18-6-13-7)9-4-16(15-14-9)8-2-11-3-8/h4-6,8,11H,1-3H2,(H,12,17). The van der Waals surface area contributed by atoms with Crippen LogP contribution in [-0.2, 0) is 6.54 Å². The topological polar surface area (TPSA) is 84.7 Å². The lowest BCUT2D eigenvalue weighted by molar-refractivity contribution is 0.0945. The molecule has 1 saturated heterocycles. The average Bonchev–Trinajstić information content (AvgIpc) is 2.94. The number of carbonyl (C=O) groups excluding carboxylic acids is 1. The van der Waals surface area contributed by atoms with Gasteiger partial charge in [-0.15, -0.1) is 16.4 Å². The summed E-state index contributed by atoms with van der Waals surface area (Å²) in [6.07, 6.45) is 1.68. The molecule has 1 aliphatic heterocycles. The maximum absolute atomic E-state index is 11.8. The number of amides is 1. The highest BCUT2D eigenvalue weighted by Crippen LogP contribution is 2.09. The van der Waals surface area contributed by atoms with Gasteiger partial charge in [-0.2, -0.15) is 0 Å². The number of carbonyl (C=O) groups is 1. The molecule has 0 unspecified atom stereocenters. The van der Waals surface area contributed by atoms with Gasteiger partial charge >= 0.3 is 0 Å². The minimum atomic E-state index is -0.221. The molecule has 0 spiro atoms. The first-order valence-electron chi connectivity index (χ1n) is 5.61. The SMILES string of the molecule is O=C(NCc1cscn1)c1cn(C2CNC2)nn1. The van der Waals surface area contributed by atoms with Crippen molar-refractivity contribution in [3.63, 3.8) is 0 Å². The predicted molar refractivity (Wildman–Crippen MR) is 65.2 cm³/mol. The van der Waals surface area contributed by atoms with Gasteiger partial charge in [0.2, 0.25) is 0 Å². The summed E-state index contributed by atoms with van der Waals surface area (Å²) >= 11 is 1.50. The lowest BCUT2D eigenvalue weighted by Gasteiger charge is -2.26. The summed E-state index contributed by atoms with van der Waals surface area (Å²) in [5.74, 6) is -0.221. The number of nitrogens with one attached hydrogen (secondary N) is 2. The van der Waals surface area contributed by atoms with Crippen LogP contribution in [0.4, 0.5) is 0 Å². The van der Waals surface area contributed by atoms with Gasteiger partial charge in [0.1, 0.15) is 0 Å². The van der Waals surface area contributed by atoms with Gasteiger partial charge < -0.3 is 10.6 Å². The fourth-order valence-corrected chi connectivity index (χ4v) is 2.16. The summed E-state index contributed by atoms with van der Waals surface area (Å²) in [6.45, 7) is 2.17. The van der Waals surface area contributed by atoms with Gasteiger partial charge in [-0.1, -0.05) is 5.21 Å². The Kier molecular flexibility index (Phi) is 3.03. The van der Waals surface area contributed by atoms with E-state index in [1.165, 1.54) is 11.3 Å². The van der Waals surface area contributed by atoms with Crippen LogP contribution in [0, 0.1) is 0 Å². The van der Waals surface area contributed by atoms with E-state index in [0.29, 0.717) is 18.3 Å². The van der Waals surface area contributed by atoms with E-state index >= 15 is 0 Å². The van der Waals surface area contributed by atoms with E-state index in [9.17, 15) is 4.79 Å². The van der Waals surface area contributed by atoms with Crippen molar-refractivity contribution in [3.8, 4) is 0 Å². The molecule has 0 aliphatic carbocycles. The Morgan fingerprint density at radius 3 is 3.17 bits per heavy atom. The molecule has 2 aromatic rings. The monoisotopic (exact) mass is 264 g/mol. The largest absolute Gasteiger partial charge is 0.345 e. The fraction of sp³-hybridized carbons (Fsp3) is 0.400. The van der Waals surface area contributed by atoms with Crippen LogP contribution in [0.5, 0.6) is 0 Å². The highest BCUT2D eigenvalue weighted by Gasteiger charge is 2.21. The zero-order valence-corrected chi connectivity index (χ0v) is 10.4. The van der Waals surface area contributed by atoms with Crippen LogP contribution in [0.15, 0.2) is 17.1 Å². The maximum atomic E-state index is 11.8. The molecular weight excluding hydrogens is 252 g/mol. The summed E-state index contributed by atoms with van der Waals surface area (Å²) in [5, 5.41) is 15.6. The minimum absolute atomic E-state index is 0.221. The number of thiazole rings is 1. The molecule has 1 amide bonds. The first kappa shape index (κ1) is 11.3. The lowest BCUT2D eigenvalue weighted by Crippen LogP contribution is -2.43. The summed E-state index contributed by atoms with van der Waals surface area (Å²) in [6, 6.07) is 0.317. The molecular formula is C10H12N6OS. The third-order valence-electron chi connectivity index (χ3n) is 2.79. The summed E-state index contributed by atoms with van der Waals surface area (Å²) in [7, 11) is 0. The summed E-state index contributed by atoms with van der Waals surface area (Å²) < 4.78 is 1.73. The van der Waals surface area contributed by atoms with Gasteiger partial charge in [-0.25, -0.2) is 9.67 Å². The Bertz CT molecular complexity index is 532. The third-order valence-corrected chi connectivity index (χ3v) is 3.43. The zero-order chi connectivity index (χ0) is 12.4. The number of hydrogen-bond acceptors (Lipinski definition) is 6. The molecule has 1 aliphatic rings. The first-order valence-corrected chi connectivity index (χ1v) is 6.55. The molecule has 3 heterocycles. The van der Waals surface area contributed by atoms with Crippen LogP contribution in [0.25, 0.3) is 0 Å². The molecule has 1 fully saturated rings. The number of nitrogens with zero attached hydrogens (tertiary/aromatic N) is 4. The Balaban J connectivity index is 1.59. The highest BCUT2D eigenvalue weighted by molar-refractivity contribution is 7.07. The van der Waals surface area contributed by atoms with Crippen LogP contribution < -0.4 is 10.6 Å². The second kappa shape index (κ2) is 4.83. The summed E-state index contributed by atoms with van der Waals surface area (Å²) in [4.78, 5) is 15.9. The zero-order valence-electron chi connectivity index (χ0n) is 9.54. The van der Waals surface area contributed by atoms with Crippen LogP contribution in [0.3, 0.4) is 0 Å². The van der Waals surface area contributed by atoms with Gasteiger partial charge in [-0.3, -0.25) is 4.79 Å². The molecule has 3 rings (SSSR count). The van der Waals surface area contributed by atoms with Crippen molar-refractivity contribution in [2.24, 2.45) is 0 Å². The maximum Gasteiger partial charge on any atom is 0.273 e. The van der Waals surface area contributed by atoms with Gasteiger partial charge in [-0.05, 0) is 0 Å². The Hall–Kier alpha value is -1.80. The van der Waals surface area contributed by atoms with Crippen LogP contribution in [0.1, 0.15) is 22.2 Å². The number of rotatable bonds is 4. The van der Waals surface area contributed by atoms with Crippen LogP contribution >= 0.6 is 11.3 Å². The highest BCUT2D eigenvalue weighted by atomic mass is 32.1. The molecule has 0 atom stereocenters. The van der Waals surface area contributed by atoms with Crippen molar-refractivity contribution < 1.29 is 4.79 Å². The molecule has 0 saturated carbocycles. The van der Waals surface area contributed by atoms with E-state index in [2.05, 4.69) is 25.9 Å². The van der Waals surface area contributed by atoms with E-state index in [1.807, 2.05) is 5.38 Å². The van der Waals surface area contributed by atoms with Crippen molar-refractivity contribution >= 4 is 17.2 Å². The molecule has 94 valence electrons. The molecule has 0 radical (unpaired) electrons. The Morgan fingerprint density at radius 1 is 1.61 bits per heavy atom. The van der Waals surface area contributed by atoms with E-state index < -0.39 is 0 Å².